The van der Waals surface area contributed by atoms with E-state index in [0.29, 0.717) is 22.7 Å². The summed E-state index contributed by atoms with van der Waals surface area (Å²) in [6.07, 6.45) is -5.51. The zero-order chi connectivity index (χ0) is 21.8. The minimum absolute atomic E-state index is 0.00399. The van der Waals surface area contributed by atoms with Crippen molar-refractivity contribution in [3.05, 3.63) is 46.2 Å². The Bertz CT molecular complexity index is 1120. The Morgan fingerprint density at radius 2 is 2.00 bits per heavy atom. The number of nitrogens with zero attached hydrogens (tertiary/aromatic N) is 3. The van der Waals surface area contributed by atoms with Crippen molar-refractivity contribution >= 4 is 33.0 Å². The van der Waals surface area contributed by atoms with Crippen LogP contribution in [-0.2, 0) is 9.84 Å². The summed E-state index contributed by atoms with van der Waals surface area (Å²) in [4.78, 5) is 13.6. The highest BCUT2D eigenvalue weighted by molar-refractivity contribution is 7.91. The number of benzene rings is 1. The van der Waals surface area contributed by atoms with Crippen LogP contribution in [0.15, 0.2) is 24.3 Å². The van der Waals surface area contributed by atoms with Crippen molar-refractivity contribution in [3.63, 3.8) is 0 Å². The molecule has 1 amide bonds. The number of carbonyl (C=O) groups excluding carboxylic acids is 1. The van der Waals surface area contributed by atoms with Gasteiger partial charge in [-0.3, -0.25) is 4.79 Å². The largest absolute Gasteiger partial charge is 0.406 e. The first-order chi connectivity index (χ1) is 14.0. The second kappa shape index (κ2) is 7.16. The van der Waals surface area contributed by atoms with Gasteiger partial charge < -0.3 is 10.2 Å². The highest BCUT2D eigenvalue weighted by Crippen LogP contribution is 2.40. The van der Waals surface area contributed by atoms with Crippen LogP contribution in [0.5, 0.6) is 0 Å². The summed E-state index contributed by atoms with van der Waals surface area (Å²) >= 11 is 6.49. The molecule has 0 radical (unpaired) electrons. The van der Waals surface area contributed by atoms with E-state index >= 15 is 0 Å². The van der Waals surface area contributed by atoms with E-state index in [1.165, 1.54) is 10.7 Å². The molecule has 2 aromatic rings. The third-order valence-corrected chi connectivity index (χ3v) is 7.40. The Labute approximate surface area is 175 Å². The van der Waals surface area contributed by atoms with Gasteiger partial charge in [-0.25, -0.2) is 13.1 Å². The molecule has 2 aliphatic rings. The number of hydrogen-bond donors (Lipinski definition) is 1. The molecule has 2 atom stereocenters. The molecule has 3 heterocycles. The minimum atomic E-state index is -4.63. The molecule has 0 bridgehead atoms. The van der Waals surface area contributed by atoms with Crippen LogP contribution in [0.4, 0.5) is 18.9 Å². The van der Waals surface area contributed by atoms with E-state index in [0.717, 1.165) is 0 Å². The van der Waals surface area contributed by atoms with Crippen LogP contribution < -0.4 is 5.32 Å². The predicted molar refractivity (Wildman–Crippen MR) is 104 cm³/mol. The van der Waals surface area contributed by atoms with Gasteiger partial charge in [0.2, 0.25) is 0 Å². The fourth-order valence-electron chi connectivity index (χ4n) is 3.93. The lowest BCUT2D eigenvalue weighted by Gasteiger charge is -2.38. The maximum atomic E-state index is 13.3. The van der Waals surface area contributed by atoms with Crippen LogP contribution >= 0.6 is 11.6 Å². The number of aromatic nitrogens is 2. The average molecular weight is 463 g/mol. The number of hydrogen-bond acceptors (Lipinski definition) is 5. The summed E-state index contributed by atoms with van der Waals surface area (Å²) in [5.41, 5.74) is 1.05. The number of anilines is 1. The molecular weight excluding hydrogens is 445 g/mol. The summed E-state index contributed by atoms with van der Waals surface area (Å²) in [5.74, 6) is -0.923. The molecule has 0 unspecified atom stereocenters. The number of fused-ring (bicyclic) bond motifs is 1. The molecule has 4 rings (SSSR count). The van der Waals surface area contributed by atoms with Crippen molar-refractivity contribution in [2.75, 3.05) is 23.4 Å². The molecular formula is C18H18ClF3N4O3S. The molecule has 0 spiro atoms. The normalized spacial score (nSPS) is 23.4. The van der Waals surface area contributed by atoms with Crippen molar-refractivity contribution < 1.29 is 26.4 Å². The SMILES string of the molecule is Cc1nn([C@H]2CCS(=O)(=O)C2)c(Cl)c1[C@H]1Nc2ccccc2C(=O)N1CC(F)(F)F. The molecule has 1 aromatic heterocycles. The number of rotatable bonds is 3. The molecule has 1 aromatic carbocycles. The van der Waals surface area contributed by atoms with E-state index in [2.05, 4.69) is 10.4 Å². The van der Waals surface area contributed by atoms with Crippen LogP contribution in [0.2, 0.25) is 5.15 Å². The Morgan fingerprint density at radius 3 is 2.63 bits per heavy atom. The second-order valence-electron chi connectivity index (χ2n) is 7.43. The predicted octanol–water partition coefficient (Wildman–Crippen LogP) is 3.33. The Hall–Kier alpha value is -2.27. The van der Waals surface area contributed by atoms with Gasteiger partial charge in [-0.2, -0.15) is 18.3 Å². The topological polar surface area (TPSA) is 84.3 Å². The fourth-order valence-corrected chi connectivity index (χ4v) is 6.04. The summed E-state index contributed by atoms with van der Waals surface area (Å²) in [5, 5.41) is 7.29. The third-order valence-electron chi connectivity index (χ3n) is 5.27. The fraction of sp³-hybridized carbons (Fsp3) is 0.444. The van der Waals surface area contributed by atoms with Gasteiger partial charge >= 0.3 is 6.18 Å². The Balaban J connectivity index is 1.78. The number of aryl methyl sites for hydroxylation is 1. The lowest BCUT2D eigenvalue weighted by atomic mass is 10.0. The number of nitrogens with one attached hydrogen (secondary N) is 1. The van der Waals surface area contributed by atoms with Gasteiger partial charge in [0.05, 0.1) is 34.4 Å². The number of halogens is 4. The number of para-hydroxylation sites is 1. The highest BCUT2D eigenvalue weighted by Gasteiger charge is 2.43. The summed E-state index contributed by atoms with van der Waals surface area (Å²) in [7, 11) is -3.22. The third kappa shape index (κ3) is 3.76. The molecule has 12 heteroatoms. The van der Waals surface area contributed by atoms with Gasteiger partial charge in [0.1, 0.15) is 17.9 Å². The van der Waals surface area contributed by atoms with Gasteiger partial charge in [-0.15, -0.1) is 0 Å². The average Bonchev–Trinajstić information content (AvgIpc) is 3.15. The van der Waals surface area contributed by atoms with Crippen molar-refractivity contribution in [2.24, 2.45) is 0 Å². The van der Waals surface area contributed by atoms with Crippen molar-refractivity contribution in [1.82, 2.24) is 14.7 Å². The number of amides is 1. The van der Waals surface area contributed by atoms with E-state index in [-0.39, 0.29) is 27.8 Å². The maximum Gasteiger partial charge on any atom is 0.406 e. The van der Waals surface area contributed by atoms with Crippen LogP contribution in [0.25, 0.3) is 0 Å². The van der Waals surface area contributed by atoms with Crippen molar-refractivity contribution in [1.29, 1.82) is 0 Å². The van der Waals surface area contributed by atoms with Crippen LogP contribution in [0.3, 0.4) is 0 Å². The lowest BCUT2D eigenvalue weighted by Crippen LogP contribution is -2.47. The summed E-state index contributed by atoms with van der Waals surface area (Å²) in [6, 6.07) is 5.78. The second-order valence-corrected chi connectivity index (χ2v) is 10.0. The molecule has 30 heavy (non-hydrogen) atoms. The van der Waals surface area contributed by atoms with Crippen LogP contribution in [-0.4, -0.2) is 53.2 Å². The van der Waals surface area contributed by atoms with Crippen molar-refractivity contribution in [3.8, 4) is 0 Å². The van der Waals surface area contributed by atoms with Gasteiger partial charge in [0.15, 0.2) is 9.84 Å². The quantitative estimate of drug-likeness (QED) is 0.756. The van der Waals surface area contributed by atoms with E-state index in [9.17, 15) is 26.4 Å². The molecule has 2 aliphatic heterocycles. The first-order valence-corrected chi connectivity index (χ1v) is 11.3. The summed E-state index contributed by atoms with van der Waals surface area (Å²) in [6.45, 7) is 0.0934. The van der Waals surface area contributed by atoms with Gasteiger partial charge in [-0.1, -0.05) is 23.7 Å². The van der Waals surface area contributed by atoms with E-state index in [1.54, 1.807) is 25.1 Å². The Morgan fingerprint density at radius 1 is 1.30 bits per heavy atom. The zero-order valence-electron chi connectivity index (χ0n) is 15.8. The molecule has 1 fully saturated rings. The summed E-state index contributed by atoms with van der Waals surface area (Å²) < 4.78 is 64.8. The molecule has 1 N–H and O–H groups in total. The highest BCUT2D eigenvalue weighted by atomic mass is 35.5. The molecule has 0 saturated carbocycles. The molecule has 162 valence electrons. The van der Waals surface area contributed by atoms with Gasteiger partial charge in [-0.05, 0) is 25.5 Å². The Kier molecular flexibility index (Phi) is 5.00. The van der Waals surface area contributed by atoms with E-state index in [1.807, 2.05) is 0 Å². The van der Waals surface area contributed by atoms with Crippen molar-refractivity contribution in [2.45, 2.75) is 31.7 Å². The van der Waals surface area contributed by atoms with Crippen LogP contribution in [0, 0.1) is 6.92 Å². The minimum Gasteiger partial charge on any atom is -0.361 e. The smallest absolute Gasteiger partial charge is 0.361 e. The van der Waals surface area contributed by atoms with Gasteiger partial charge in [0.25, 0.3) is 5.91 Å². The van der Waals surface area contributed by atoms with E-state index < -0.39 is 40.7 Å². The van der Waals surface area contributed by atoms with Gasteiger partial charge in [0, 0.05) is 5.69 Å². The number of sulfone groups is 1. The number of carbonyl (C=O) groups is 1. The molecule has 1 saturated heterocycles. The number of alkyl halides is 3. The monoisotopic (exact) mass is 462 g/mol. The standard InChI is InChI=1S/C18H18ClF3N4O3S/c1-10-14(15(19)26(24-10)11-6-7-30(28,29)8-11)16-23-13-5-3-2-4-12(13)17(27)25(16)9-18(20,21)22/h2-5,11,16,23H,6-9H2,1H3/t11-,16-/m0/s1. The van der Waals surface area contributed by atoms with E-state index in [4.69, 9.17) is 11.6 Å². The first-order valence-electron chi connectivity index (χ1n) is 9.15. The zero-order valence-corrected chi connectivity index (χ0v) is 17.4. The first kappa shape index (κ1) is 21.0. The molecule has 0 aliphatic carbocycles. The maximum absolute atomic E-state index is 13.3. The lowest BCUT2D eigenvalue weighted by molar-refractivity contribution is -0.144. The van der Waals surface area contributed by atoms with Crippen LogP contribution in [0.1, 0.15) is 40.2 Å². The molecule has 7 nitrogen and oxygen atoms in total.